The molecule has 1 aliphatic rings. The van der Waals surface area contributed by atoms with Crippen molar-refractivity contribution in [2.24, 2.45) is 5.92 Å². The summed E-state index contributed by atoms with van der Waals surface area (Å²) < 4.78 is 0. The standard InChI is InChI=1S/C11H17N3/c1-8-5-11(6-8)13-7-10-3-4-12-9(2)14-10/h3-4,8,11,13H,5-7H2,1-2H3. The summed E-state index contributed by atoms with van der Waals surface area (Å²) in [4.78, 5) is 8.42. The van der Waals surface area contributed by atoms with E-state index in [1.807, 2.05) is 19.2 Å². The molecule has 3 nitrogen and oxygen atoms in total. The van der Waals surface area contributed by atoms with Gasteiger partial charge < -0.3 is 5.32 Å². The number of hydrogen-bond donors (Lipinski definition) is 1. The largest absolute Gasteiger partial charge is 0.308 e. The van der Waals surface area contributed by atoms with Crippen LogP contribution >= 0.6 is 0 Å². The molecule has 0 amide bonds. The number of nitrogens with one attached hydrogen (secondary N) is 1. The Kier molecular flexibility index (Phi) is 2.77. The van der Waals surface area contributed by atoms with Gasteiger partial charge in [-0.25, -0.2) is 9.97 Å². The van der Waals surface area contributed by atoms with E-state index in [0.29, 0.717) is 6.04 Å². The van der Waals surface area contributed by atoms with Crippen molar-refractivity contribution >= 4 is 0 Å². The topological polar surface area (TPSA) is 37.8 Å². The summed E-state index contributed by atoms with van der Waals surface area (Å²) in [5.74, 6) is 1.76. The first kappa shape index (κ1) is 9.59. The van der Waals surface area contributed by atoms with Crippen LogP contribution in [0.2, 0.25) is 0 Å². The maximum Gasteiger partial charge on any atom is 0.125 e. The predicted molar refractivity (Wildman–Crippen MR) is 55.8 cm³/mol. The Labute approximate surface area is 85.0 Å². The van der Waals surface area contributed by atoms with E-state index in [1.54, 1.807) is 0 Å². The summed E-state index contributed by atoms with van der Waals surface area (Å²) in [7, 11) is 0. The van der Waals surface area contributed by atoms with Crippen LogP contribution in [0.1, 0.15) is 31.3 Å². The molecule has 76 valence electrons. The molecule has 0 atom stereocenters. The SMILES string of the molecule is Cc1nccc(CNC2CC(C)C2)n1. The second-order valence-corrected chi connectivity index (χ2v) is 4.25. The molecule has 0 aromatic carbocycles. The van der Waals surface area contributed by atoms with E-state index < -0.39 is 0 Å². The lowest BCUT2D eigenvalue weighted by molar-refractivity contribution is 0.239. The zero-order chi connectivity index (χ0) is 9.97. The number of rotatable bonds is 3. The molecule has 0 unspecified atom stereocenters. The summed E-state index contributed by atoms with van der Waals surface area (Å²) in [5.41, 5.74) is 1.09. The third kappa shape index (κ3) is 2.29. The third-order valence-corrected chi connectivity index (χ3v) is 2.78. The highest BCUT2D eigenvalue weighted by atomic mass is 15.0. The van der Waals surface area contributed by atoms with Gasteiger partial charge in [-0.15, -0.1) is 0 Å². The van der Waals surface area contributed by atoms with Gasteiger partial charge in [-0.1, -0.05) is 6.92 Å². The van der Waals surface area contributed by atoms with E-state index >= 15 is 0 Å². The molecule has 0 saturated heterocycles. The van der Waals surface area contributed by atoms with Crippen molar-refractivity contribution < 1.29 is 0 Å². The van der Waals surface area contributed by atoms with E-state index in [1.165, 1.54) is 12.8 Å². The third-order valence-electron chi connectivity index (χ3n) is 2.78. The van der Waals surface area contributed by atoms with Crippen LogP contribution in [-0.2, 0) is 6.54 Å². The van der Waals surface area contributed by atoms with E-state index in [4.69, 9.17) is 0 Å². The molecular weight excluding hydrogens is 174 g/mol. The fourth-order valence-electron chi connectivity index (χ4n) is 1.92. The van der Waals surface area contributed by atoms with Gasteiger partial charge in [0.25, 0.3) is 0 Å². The van der Waals surface area contributed by atoms with Gasteiger partial charge in [0, 0.05) is 18.8 Å². The van der Waals surface area contributed by atoms with Gasteiger partial charge in [0.05, 0.1) is 5.69 Å². The molecule has 2 rings (SSSR count). The normalized spacial score (nSPS) is 25.9. The highest BCUT2D eigenvalue weighted by Crippen LogP contribution is 2.26. The Morgan fingerprint density at radius 3 is 2.93 bits per heavy atom. The van der Waals surface area contributed by atoms with Crippen molar-refractivity contribution in [2.45, 2.75) is 39.3 Å². The molecule has 0 bridgehead atoms. The molecule has 0 aliphatic heterocycles. The fraction of sp³-hybridized carbons (Fsp3) is 0.636. The lowest BCUT2D eigenvalue weighted by atomic mass is 9.82. The summed E-state index contributed by atoms with van der Waals surface area (Å²) >= 11 is 0. The van der Waals surface area contributed by atoms with Crippen LogP contribution in [0.3, 0.4) is 0 Å². The van der Waals surface area contributed by atoms with Gasteiger partial charge in [0.15, 0.2) is 0 Å². The molecule has 14 heavy (non-hydrogen) atoms. The maximum atomic E-state index is 4.35. The van der Waals surface area contributed by atoms with Crippen LogP contribution in [0.4, 0.5) is 0 Å². The summed E-state index contributed by atoms with van der Waals surface area (Å²) in [5, 5.41) is 3.50. The molecule has 0 spiro atoms. The Hall–Kier alpha value is -0.960. The molecule has 3 heteroatoms. The molecule has 1 fully saturated rings. The summed E-state index contributed by atoms with van der Waals surface area (Å²) in [6, 6.07) is 2.68. The van der Waals surface area contributed by atoms with Crippen LogP contribution in [0, 0.1) is 12.8 Å². The van der Waals surface area contributed by atoms with E-state index in [0.717, 1.165) is 24.0 Å². The Morgan fingerprint density at radius 1 is 1.50 bits per heavy atom. The van der Waals surface area contributed by atoms with Gasteiger partial charge in [0.2, 0.25) is 0 Å². The highest BCUT2D eigenvalue weighted by Gasteiger charge is 2.24. The van der Waals surface area contributed by atoms with Gasteiger partial charge in [-0.3, -0.25) is 0 Å². The Morgan fingerprint density at radius 2 is 2.29 bits per heavy atom. The lowest BCUT2D eigenvalue weighted by Gasteiger charge is -2.33. The van der Waals surface area contributed by atoms with Crippen LogP contribution in [-0.4, -0.2) is 16.0 Å². The number of aryl methyl sites for hydroxylation is 1. The first-order valence-electron chi connectivity index (χ1n) is 5.26. The second-order valence-electron chi connectivity index (χ2n) is 4.25. The van der Waals surface area contributed by atoms with Crippen molar-refractivity contribution in [3.63, 3.8) is 0 Å². The number of hydrogen-bond acceptors (Lipinski definition) is 3. The van der Waals surface area contributed by atoms with Crippen molar-refractivity contribution in [3.05, 3.63) is 23.8 Å². The van der Waals surface area contributed by atoms with Gasteiger partial charge >= 0.3 is 0 Å². The minimum absolute atomic E-state index is 0.709. The van der Waals surface area contributed by atoms with Gasteiger partial charge in [-0.05, 0) is 31.7 Å². The van der Waals surface area contributed by atoms with Gasteiger partial charge in [0.1, 0.15) is 5.82 Å². The number of aromatic nitrogens is 2. The predicted octanol–water partition coefficient (Wildman–Crippen LogP) is 1.67. The van der Waals surface area contributed by atoms with Crippen LogP contribution in [0.15, 0.2) is 12.3 Å². The molecule has 1 N–H and O–H groups in total. The fourth-order valence-corrected chi connectivity index (χ4v) is 1.92. The Balaban J connectivity index is 1.80. The molecule has 1 saturated carbocycles. The van der Waals surface area contributed by atoms with Crippen molar-refractivity contribution in [1.82, 2.24) is 15.3 Å². The average molecular weight is 191 g/mol. The first-order valence-corrected chi connectivity index (χ1v) is 5.26. The van der Waals surface area contributed by atoms with Crippen molar-refractivity contribution in [3.8, 4) is 0 Å². The van der Waals surface area contributed by atoms with E-state index in [-0.39, 0.29) is 0 Å². The first-order chi connectivity index (χ1) is 6.74. The maximum absolute atomic E-state index is 4.35. The van der Waals surface area contributed by atoms with Crippen molar-refractivity contribution in [1.29, 1.82) is 0 Å². The summed E-state index contributed by atoms with van der Waals surface area (Å²) in [6.45, 7) is 5.10. The van der Waals surface area contributed by atoms with Crippen LogP contribution < -0.4 is 5.32 Å². The lowest BCUT2D eigenvalue weighted by Crippen LogP contribution is -2.39. The smallest absolute Gasteiger partial charge is 0.125 e. The Bertz CT molecular complexity index is 305. The average Bonchev–Trinajstić information content (AvgIpc) is 2.11. The quantitative estimate of drug-likeness (QED) is 0.789. The zero-order valence-electron chi connectivity index (χ0n) is 8.83. The summed E-state index contributed by atoms with van der Waals surface area (Å²) in [6.07, 6.45) is 4.44. The van der Waals surface area contributed by atoms with E-state index in [2.05, 4.69) is 22.2 Å². The highest BCUT2D eigenvalue weighted by molar-refractivity contribution is 5.01. The molecular formula is C11H17N3. The molecule has 1 heterocycles. The molecule has 0 radical (unpaired) electrons. The number of nitrogens with zero attached hydrogens (tertiary/aromatic N) is 2. The zero-order valence-corrected chi connectivity index (χ0v) is 8.83. The second kappa shape index (κ2) is 4.05. The van der Waals surface area contributed by atoms with Crippen molar-refractivity contribution in [2.75, 3.05) is 0 Å². The minimum atomic E-state index is 0.709. The minimum Gasteiger partial charge on any atom is -0.308 e. The van der Waals surface area contributed by atoms with Crippen LogP contribution in [0.25, 0.3) is 0 Å². The molecule has 1 aromatic heterocycles. The molecule has 1 aliphatic carbocycles. The van der Waals surface area contributed by atoms with Gasteiger partial charge in [-0.2, -0.15) is 0 Å². The monoisotopic (exact) mass is 191 g/mol. The van der Waals surface area contributed by atoms with E-state index in [9.17, 15) is 0 Å². The molecule has 1 aromatic rings. The van der Waals surface area contributed by atoms with Crippen LogP contribution in [0.5, 0.6) is 0 Å².